The molecular formula is C31H31NO3. The van der Waals surface area contributed by atoms with Gasteiger partial charge in [0.25, 0.3) is 0 Å². The predicted octanol–water partition coefficient (Wildman–Crippen LogP) is 6.20. The molecule has 2 aliphatic rings. The number of fused-ring (bicyclic) bond motifs is 4. The lowest BCUT2D eigenvalue weighted by Gasteiger charge is -2.30. The molecule has 0 bridgehead atoms. The molecule has 1 unspecified atom stereocenters. The summed E-state index contributed by atoms with van der Waals surface area (Å²) in [6.07, 6.45) is 4.72. The Labute approximate surface area is 206 Å². The van der Waals surface area contributed by atoms with E-state index in [0.717, 1.165) is 35.1 Å². The fourth-order valence-corrected chi connectivity index (χ4v) is 5.85. The number of phenolic OH excluding ortho intramolecular Hbond substituents is 2. The molecule has 0 amide bonds. The Hall–Kier alpha value is -3.50. The van der Waals surface area contributed by atoms with Crippen molar-refractivity contribution in [1.29, 1.82) is 0 Å². The van der Waals surface area contributed by atoms with E-state index in [1.807, 2.05) is 18.2 Å². The molecule has 0 aromatic heterocycles. The van der Waals surface area contributed by atoms with Crippen LogP contribution in [0.1, 0.15) is 53.0 Å². The first-order valence-corrected chi connectivity index (χ1v) is 12.7. The number of nitrogens with zero attached hydrogens (tertiary/aromatic N) is 1. The van der Waals surface area contributed by atoms with Crippen LogP contribution >= 0.6 is 0 Å². The summed E-state index contributed by atoms with van der Waals surface area (Å²) in [5, 5.41) is 22.4. The van der Waals surface area contributed by atoms with E-state index in [-0.39, 0.29) is 11.7 Å². The molecule has 4 heteroatoms. The highest BCUT2D eigenvalue weighted by atomic mass is 16.5. The molecule has 4 nitrogen and oxygen atoms in total. The average Bonchev–Trinajstić information content (AvgIpc) is 2.88. The predicted molar refractivity (Wildman–Crippen MR) is 140 cm³/mol. The third kappa shape index (κ3) is 4.35. The van der Waals surface area contributed by atoms with Crippen LogP contribution < -0.4 is 4.74 Å². The Morgan fingerprint density at radius 1 is 0.771 bits per heavy atom. The van der Waals surface area contributed by atoms with Gasteiger partial charge in [-0.05, 0) is 107 Å². The van der Waals surface area contributed by atoms with Crippen LogP contribution in [0.3, 0.4) is 0 Å². The van der Waals surface area contributed by atoms with E-state index >= 15 is 0 Å². The van der Waals surface area contributed by atoms with Gasteiger partial charge in [-0.2, -0.15) is 0 Å². The number of rotatable bonds is 5. The molecule has 4 aromatic carbocycles. The highest BCUT2D eigenvalue weighted by Gasteiger charge is 2.29. The molecule has 0 radical (unpaired) electrons. The lowest BCUT2D eigenvalue weighted by Crippen LogP contribution is -2.33. The second-order valence-corrected chi connectivity index (χ2v) is 9.86. The molecule has 0 spiro atoms. The molecule has 6 rings (SSSR count). The number of phenols is 2. The van der Waals surface area contributed by atoms with Crippen LogP contribution in [0.5, 0.6) is 17.2 Å². The highest BCUT2D eigenvalue weighted by molar-refractivity contribution is 5.90. The SMILES string of the molecule is Oc1ccc2c(c1)Cc1ccc3cc(O)ccc3c1C2c1ccc(OCCN2CCCCC2)cc1. The van der Waals surface area contributed by atoms with Crippen molar-refractivity contribution in [3.8, 4) is 17.2 Å². The molecule has 1 saturated heterocycles. The van der Waals surface area contributed by atoms with E-state index in [4.69, 9.17) is 4.74 Å². The number of hydrogen-bond acceptors (Lipinski definition) is 4. The van der Waals surface area contributed by atoms with E-state index in [9.17, 15) is 10.2 Å². The minimum absolute atomic E-state index is 0.0463. The second-order valence-electron chi connectivity index (χ2n) is 9.86. The summed E-state index contributed by atoms with van der Waals surface area (Å²) in [7, 11) is 0. The average molecular weight is 466 g/mol. The molecule has 0 saturated carbocycles. The van der Waals surface area contributed by atoms with Crippen LogP contribution in [0.2, 0.25) is 0 Å². The van der Waals surface area contributed by atoms with E-state index in [2.05, 4.69) is 47.4 Å². The van der Waals surface area contributed by atoms with Gasteiger partial charge < -0.3 is 14.9 Å². The summed E-state index contributed by atoms with van der Waals surface area (Å²) < 4.78 is 6.09. The van der Waals surface area contributed by atoms with Crippen molar-refractivity contribution in [2.24, 2.45) is 0 Å². The van der Waals surface area contributed by atoms with E-state index < -0.39 is 0 Å². The largest absolute Gasteiger partial charge is 0.508 e. The summed E-state index contributed by atoms with van der Waals surface area (Å²) in [5.41, 5.74) is 6.10. The molecule has 1 aliphatic carbocycles. The maximum Gasteiger partial charge on any atom is 0.119 e. The molecular weight excluding hydrogens is 434 g/mol. The lowest BCUT2D eigenvalue weighted by molar-refractivity contribution is 0.183. The Morgan fingerprint density at radius 2 is 1.54 bits per heavy atom. The Kier molecular flexibility index (Phi) is 5.83. The summed E-state index contributed by atoms with van der Waals surface area (Å²) in [4.78, 5) is 2.49. The van der Waals surface area contributed by atoms with Gasteiger partial charge in [-0.15, -0.1) is 0 Å². The van der Waals surface area contributed by atoms with Crippen molar-refractivity contribution in [2.75, 3.05) is 26.2 Å². The molecule has 4 aromatic rings. The fraction of sp³-hybridized carbons (Fsp3) is 0.290. The van der Waals surface area contributed by atoms with Gasteiger partial charge in [-0.1, -0.05) is 42.8 Å². The van der Waals surface area contributed by atoms with Crippen LogP contribution in [0, 0.1) is 0 Å². The Morgan fingerprint density at radius 3 is 2.37 bits per heavy atom. The number of ether oxygens (including phenoxy) is 1. The zero-order chi connectivity index (χ0) is 23.8. The summed E-state index contributed by atoms with van der Waals surface area (Å²) in [6.45, 7) is 4.06. The van der Waals surface area contributed by atoms with Crippen molar-refractivity contribution in [3.05, 3.63) is 101 Å². The van der Waals surface area contributed by atoms with Gasteiger partial charge in [0.15, 0.2) is 0 Å². The molecule has 1 heterocycles. The topological polar surface area (TPSA) is 52.9 Å². The third-order valence-electron chi connectivity index (χ3n) is 7.58. The number of hydrogen-bond donors (Lipinski definition) is 2. The van der Waals surface area contributed by atoms with Crippen molar-refractivity contribution in [2.45, 2.75) is 31.6 Å². The van der Waals surface area contributed by atoms with Gasteiger partial charge in [0.1, 0.15) is 23.9 Å². The first-order chi connectivity index (χ1) is 17.2. The molecule has 35 heavy (non-hydrogen) atoms. The first-order valence-electron chi connectivity index (χ1n) is 12.7. The van der Waals surface area contributed by atoms with Gasteiger partial charge in [-0.25, -0.2) is 0 Å². The smallest absolute Gasteiger partial charge is 0.119 e. The number of aromatic hydroxyl groups is 2. The van der Waals surface area contributed by atoms with Gasteiger partial charge >= 0.3 is 0 Å². The normalized spacial score (nSPS) is 17.7. The molecule has 2 N–H and O–H groups in total. The molecule has 1 atom stereocenters. The number of benzene rings is 4. The van der Waals surface area contributed by atoms with Gasteiger partial charge in [0, 0.05) is 12.5 Å². The summed E-state index contributed by atoms with van der Waals surface area (Å²) in [5.74, 6) is 1.52. The van der Waals surface area contributed by atoms with Crippen LogP contribution in [-0.4, -0.2) is 41.4 Å². The second kappa shape index (κ2) is 9.27. The minimum atomic E-state index is 0.0463. The molecule has 1 fully saturated rings. The maximum absolute atomic E-state index is 10.2. The minimum Gasteiger partial charge on any atom is -0.508 e. The van der Waals surface area contributed by atoms with Crippen molar-refractivity contribution in [1.82, 2.24) is 4.90 Å². The summed E-state index contributed by atoms with van der Waals surface area (Å²) >= 11 is 0. The lowest BCUT2D eigenvalue weighted by atomic mass is 9.73. The maximum atomic E-state index is 10.2. The Balaban J connectivity index is 1.33. The molecule has 178 valence electrons. The van der Waals surface area contributed by atoms with Crippen molar-refractivity contribution in [3.63, 3.8) is 0 Å². The monoisotopic (exact) mass is 465 g/mol. The highest BCUT2D eigenvalue weighted by Crippen LogP contribution is 2.45. The summed E-state index contributed by atoms with van der Waals surface area (Å²) in [6, 6.07) is 24.1. The first kappa shape index (κ1) is 22.0. The Bertz CT molecular complexity index is 1360. The number of likely N-dealkylation sites (tertiary alicyclic amines) is 1. The van der Waals surface area contributed by atoms with E-state index in [0.29, 0.717) is 12.4 Å². The van der Waals surface area contributed by atoms with Crippen LogP contribution in [-0.2, 0) is 6.42 Å². The van der Waals surface area contributed by atoms with E-state index in [1.165, 1.54) is 54.6 Å². The van der Waals surface area contributed by atoms with Crippen LogP contribution in [0.25, 0.3) is 10.8 Å². The quantitative estimate of drug-likeness (QED) is 0.324. The zero-order valence-electron chi connectivity index (χ0n) is 19.9. The van der Waals surface area contributed by atoms with E-state index in [1.54, 1.807) is 12.1 Å². The van der Waals surface area contributed by atoms with Gasteiger partial charge in [-0.3, -0.25) is 4.90 Å². The van der Waals surface area contributed by atoms with Crippen LogP contribution in [0.4, 0.5) is 0 Å². The van der Waals surface area contributed by atoms with Crippen LogP contribution in [0.15, 0.2) is 72.8 Å². The standard InChI is InChI=1S/C31H31NO3/c33-25-8-12-28-22(19-25)4-5-23-18-24-20-26(34)9-13-29(24)30(31(23)28)21-6-10-27(11-7-21)35-17-16-32-14-2-1-3-15-32/h4-13,19-20,30,33-34H,1-3,14-18H2. The third-order valence-corrected chi connectivity index (χ3v) is 7.58. The van der Waals surface area contributed by atoms with Gasteiger partial charge in [0.2, 0.25) is 0 Å². The van der Waals surface area contributed by atoms with Gasteiger partial charge in [0.05, 0.1) is 0 Å². The zero-order valence-corrected chi connectivity index (χ0v) is 19.9. The fourth-order valence-electron chi connectivity index (χ4n) is 5.85. The molecule has 1 aliphatic heterocycles. The van der Waals surface area contributed by atoms with Crippen molar-refractivity contribution < 1.29 is 14.9 Å². The van der Waals surface area contributed by atoms with Crippen molar-refractivity contribution >= 4 is 10.8 Å². The number of piperidine rings is 1.